The molecule has 0 bridgehead atoms. The maximum absolute atomic E-state index is 12.7. The van der Waals surface area contributed by atoms with E-state index in [1.165, 1.54) is 13.8 Å². The predicted octanol–water partition coefficient (Wildman–Crippen LogP) is 2.99. The molecule has 0 heterocycles. The Labute approximate surface area is 143 Å². The van der Waals surface area contributed by atoms with Crippen molar-refractivity contribution >= 4 is 17.7 Å². The lowest BCUT2D eigenvalue weighted by Gasteiger charge is -2.53. The van der Waals surface area contributed by atoms with Crippen molar-refractivity contribution in [1.29, 1.82) is 0 Å². The first kappa shape index (κ1) is 18.4. The van der Waals surface area contributed by atoms with E-state index in [-0.39, 0.29) is 35.6 Å². The summed E-state index contributed by atoms with van der Waals surface area (Å²) in [7, 11) is 0. The second kappa shape index (κ2) is 7.32. The Kier molecular flexibility index (Phi) is 5.62. The number of ether oxygens (including phenoxy) is 2. The van der Waals surface area contributed by atoms with Crippen LogP contribution >= 0.6 is 0 Å². The zero-order valence-electron chi connectivity index (χ0n) is 14.7. The largest absolute Gasteiger partial charge is 0.465 e. The fourth-order valence-corrected chi connectivity index (χ4v) is 3.75. The van der Waals surface area contributed by atoms with Crippen LogP contribution in [-0.4, -0.2) is 30.9 Å². The summed E-state index contributed by atoms with van der Waals surface area (Å²) in [6.45, 7) is 9.33. The SMILES string of the molecule is C=C1CCC=C(COC(C)=O)C(=O)CC2C1CC2(C)COC(C)=O. The number of hydrogen-bond acceptors (Lipinski definition) is 5. The molecule has 0 aromatic heterocycles. The third kappa shape index (κ3) is 4.13. The number of hydrogen-bond donors (Lipinski definition) is 0. The summed E-state index contributed by atoms with van der Waals surface area (Å²) in [6.07, 6.45) is 4.67. The second-order valence-corrected chi connectivity index (χ2v) is 7.19. The maximum Gasteiger partial charge on any atom is 0.302 e. The highest BCUT2D eigenvalue weighted by atomic mass is 16.5. The number of ketones is 1. The summed E-state index contributed by atoms with van der Waals surface area (Å²) in [5.41, 5.74) is 1.50. The average Bonchev–Trinajstić information content (AvgIpc) is 2.54. The lowest BCUT2D eigenvalue weighted by atomic mass is 9.51. The molecule has 0 aromatic rings. The van der Waals surface area contributed by atoms with Gasteiger partial charge in [0.05, 0.1) is 6.61 Å². The molecule has 0 saturated heterocycles. The predicted molar refractivity (Wildman–Crippen MR) is 89.1 cm³/mol. The summed E-state index contributed by atoms with van der Waals surface area (Å²) >= 11 is 0. The summed E-state index contributed by atoms with van der Waals surface area (Å²) < 4.78 is 10.2. The fourth-order valence-electron chi connectivity index (χ4n) is 3.75. The van der Waals surface area contributed by atoms with E-state index in [0.29, 0.717) is 18.6 Å². The van der Waals surface area contributed by atoms with Gasteiger partial charge < -0.3 is 9.47 Å². The number of esters is 2. The van der Waals surface area contributed by atoms with Crippen LogP contribution in [0.1, 0.15) is 46.5 Å². The third-order valence-corrected chi connectivity index (χ3v) is 5.25. The Bertz CT molecular complexity index is 589. The summed E-state index contributed by atoms with van der Waals surface area (Å²) in [5, 5.41) is 0. The van der Waals surface area contributed by atoms with E-state index in [4.69, 9.17) is 9.47 Å². The highest BCUT2D eigenvalue weighted by Gasteiger charge is 2.52. The molecule has 0 amide bonds. The first-order valence-electron chi connectivity index (χ1n) is 8.39. The van der Waals surface area contributed by atoms with Gasteiger partial charge in [0.2, 0.25) is 0 Å². The Morgan fingerprint density at radius 1 is 1.29 bits per heavy atom. The van der Waals surface area contributed by atoms with Crippen molar-refractivity contribution in [2.75, 3.05) is 13.2 Å². The van der Waals surface area contributed by atoms with Gasteiger partial charge in [-0.25, -0.2) is 0 Å². The van der Waals surface area contributed by atoms with Crippen LogP contribution in [0.3, 0.4) is 0 Å². The number of rotatable bonds is 4. The third-order valence-electron chi connectivity index (χ3n) is 5.25. The van der Waals surface area contributed by atoms with Gasteiger partial charge in [0, 0.05) is 31.3 Å². The summed E-state index contributed by atoms with van der Waals surface area (Å²) in [5.74, 6) is -0.293. The molecule has 0 aliphatic heterocycles. The van der Waals surface area contributed by atoms with E-state index in [9.17, 15) is 14.4 Å². The normalized spacial score (nSPS) is 30.0. The molecule has 0 N–H and O–H groups in total. The van der Waals surface area contributed by atoms with Crippen LogP contribution in [-0.2, 0) is 23.9 Å². The molecule has 2 aliphatic carbocycles. The molecule has 5 nitrogen and oxygen atoms in total. The van der Waals surface area contributed by atoms with E-state index in [2.05, 4.69) is 13.5 Å². The Morgan fingerprint density at radius 3 is 2.58 bits per heavy atom. The van der Waals surface area contributed by atoms with Gasteiger partial charge in [-0.3, -0.25) is 14.4 Å². The fraction of sp³-hybridized carbons (Fsp3) is 0.632. The van der Waals surface area contributed by atoms with Gasteiger partial charge in [-0.15, -0.1) is 0 Å². The minimum Gasteiger partial charge on any atom is -0.465 e. The molecular weight excluding hydrogens is 308 g/mol. The lowest BCUT2D eigenvalue weighted by Crippen LogP contribution is -2.50. The quantitative estimate of drug-likeness (QED) is 0.584. The lowest BCUT2D eigenvalue weighted by molar-refractivity contribution is -0.153. The maximum atomic E-state index is 12.7. The van der Waals surface area contributed by atoms with E-state index in [0.717, 1.165) is 24.8 Å². The summed E-state index contributed by atoms with van der Waals surface area (Å²) in [4.78, 5) is 34.8. The van der Waals surface area contributed by atoms with Crippen LogP contribution in [0.5, 0.6) is 0 Å². The molecule has 1 fully saturated rings. The first-order chi connectivity index (χ1) is 11.2. The zero-order valence-corrected chi connectivity index (χ0v) is 14.7. The van der Waals surface area contributed by atoms with Crippen LogP contribution in [0.15, 0.2) is 23.8 Å². The van der Waals surface area contributed by atoms with Gasteiger partial charge in [0.25, 0.3) is 0 Å². The molecule has 0 radical (unpaired) electrons. The topological polar surface area (TPSA) is 69.7 Å². The van der Waals surface area contributed by atoms with Gasteiger partial charge in [0.1, 0.15) is 6.61 Å². The molecule has 2 rings (SSSR count). The Balaban J connectivity index is 2.13. The van der Waals surface area contributed by atoms with Crippen molar-refractivity contribution in [2.45, 2.75) is 46.5 Å². The van der Waals surface area contributed by atoms with Crippen LogP contribution in [0.2, 0.25) is 0 Å². The zero-order chi connectivity index (χ0) is 17.9. The van der Waals surface area contributed by atoms with Gasteiger partial charge in [0.15, 0.2) is 5.78 Å². The average molecular weight is 334 g/mol. The monoisotopic (exact) mass is 334 g/mol. The van der Waals surface area contributed by atoms with Crippen molar-refractivity contribution in [3.8, 4) is 0 Å². The Hall–Kier alpha value is -1.91. The molecule has 1 saturated carbocycles. The van der Waals surface area contributed by atoms with Crippen molar-refractivity contribution in [2.24, 2.45) is 17.3 Å². The van der Waals surface area contributed by atoms with Gasteiger partial charge >= 0.3 is 11.9 Å². The van der Waals surface area contributed by atoms with Crippen LogP contribution < -0.4 is 0 Å². The number of allylic oxidation sites excluding steroid dienone is 2. The highest BCUT2D eigenvalue weighted by Crippen LogP contribution is 2.56. The Morgan fingerprint density at radius 2 is 1.96 bits per heavy atom. The van der Waals surface area contributed by atoms with E-state index in [1.807, 2.05) is 6.08 Å². The molecule has 3 unspecified atom stereocenters. The molecule has 132 valence electrons. The van der Waals surface area contributed by atoms with Gasteiger partial charge in [-0.1, -0.05) is 25.2 Å². The van der Waals surface area contributed by atoms with Gasteiger partial charge in [-0.05, 0) is 31.1 Å². The van der Waals surface area contributed by atoms with Crippen LogP contribution in [0.25, 0.3) is 0 Å². The van der Waals surface area contributed by atoms with E-state index in [1.54, 1.807) is 0 Å². The van der Waals surface area contributed by atoms with Crippen molar-refractivity contribution in [3.05, 3.63) is 23.8 Å². The molecule has 2 aliphatic rings. The number of carbonyl (C=O) groups excluding carboxylic acids is 3. The first-order valence-corrected chi connectivity index (χ1v) is 8.39. The van der Waals surface area contributed by atoms with Gasteiger partial charge in [-0.2, -0.15) is 0 Å². The second-order valence-electron chi connectivity index (χ2n) is 7.19. The molecular formula is C19H26O5. The van der Waals surface area contributed by atoms with E-state index >= 15 is 0 Å². The molecule has 5 heteroatoms. The highest BCUT2D eigenvalue weighted by molar-refractivity contribution is 5.96. The molecule has 24 heavy (non-hydrogen) atoms. The molecule has 0 spiro atoms. The van der Waals surface area contributed by atoms with Crippen molar-refractivity contribution < 1.29 is 23.9 Å². The summed E-state index contributed by atoms with van der Waals surface area (Å²) in [6, 6.07) is 0. The number of fused-ring (bicyclic) bond motifs is 1. The van der Waals surface area contributed by atoms with Crippen molar-refractivity contribution in [3.63, 3.8) is 0 Å². The molecule has 0 aromatic carbocycles. The number of Topliss-reactive ketones (excluding diaryl/α,β-unsaturated/α-hetero) is 1. The van der Waals surface area contributed by atoms with Crippen molar-refractivity contribution in [1.82, 2.24) is 0 Å². The smallest absolute Gasteiger partial charge is 0.302 e. The molecule has 3 atom stereocenters. The van der Waals surface area contributed by atoms with Crippen LogP contribution in [0.4, 0.5) is 0 Å². The van der Waals surface area contributed by atoms with E-state index < -0.39 is 5.97 Å². The standard InChI is InChI=1S/C19H26O5/c1-12-6-5-7-15(10-23-13(2)20)18(22)8-17-16(12)9-19(17,4)11-24-14(3)21/h7,16-17H,1,5-6,8-11H2,2-4H3. The minimum absolute atomic E-state index is 0.00898. The minimum atomic E-state index is -0.394. The van der Waals surface area contributed by atoms with Crippen LogP contribution in [0, 0.1) is 17.3 Å². The number of carbonyl (C=O) groups is 3.